The summed E-state index contributed by atoms with van der Waals surface area (Å²) in [6.45, 7) is 19.2. The number of halogens is 3. The molecule has 9 heterocycles. The molecule has 0 spiro atoms. The van der Waals surface area contributed by atoms with Crippen LogP contribution in [0, 0.1) is 19.7 Å². The molecule has 0 unspecified atom stereocenters. The van der Waals surface area contributed by atoms with Crippen molar-refractivity contribution in [1.82, 2.24) is 75.2 Å². The highest BCUT2D eigenvalue weighted by Crippen LogP contribution is 2.47. The minimum absolute atomic E-state index is 0.255. The van der Waals surface area contributed by atoms with Gasteiger partial charge in [-0.15, -0.1) is 22.7 Å². The molecule has 33 heteroatoms. The van der Waals surface area contributed by atoms with Crippen molar-refractivity contribution in [1.29, 1.82) is 0 Å². The molecule has 0 bridgehead atoms. The van der Waals surface area contributed by atoms with Gasteiger partial charge in [0.2, 0.25) is 10.0 Å². The lowest BCUT2D eigenvalue weighted by atomic mass is 9.97. The molecule has 0 radical (unpaired) electrons. The first-order valence-corrected chi connectivity index (χ1v) is 47.6. The summed E-state index contributed by atoms with van der Waals surface area (Å²) in [7, 11) is -3.83. The van der Waals surface area contributed by atoms with Crippen molar-refractivity contribution in [3.8, 4) is 151 Å². The van der Waals surface area contributed by atoms with E-state index in [0.29, 0.717) is 175 Å². The molecular formula is C98H100Cl2FN15O12S3. The lowest BCUT2D eigenvalue weighted by Crippen LogP contribution is -2.37. The van der Waals surface area contributed by atoms with Crippen molar-refractivity contribution in [2.45, 2.75) is 150 Å². The van der Waals surface area contributed by atoms with Gasteiger partial charge in [0.15, 0.2) is 17.5 Å². The van der Waals surface area contributed by atoms with E-state index in [9.17, 15) is 36.8 Å². The summed E-state index contributed by atoms with van der Waals surface area (Å²) >= 11 is 16.6. The first kappa shape index (κ1) is 93.9. The Bertz CT molecular complexity index is 6820. The van der Waals surface area contributed by atoms with E-state index in [1.54, 1.807) is 83.3 Å². The van der Waals surface area contributed by atoms with E-state index < -0.39 is 32.6 Å². The Morgan fingerprint density at radius 1 is 0.473 bits per heavy atom. The summed E-state index contributed by atoms with van der Waals surface area (Å²) in [6.07, 6.45) is 18.2. The summed E-state index contributed by atoms with van der Waals surface area (Å²) in [6, 6.07) is 47.9. The van der Waals surface area contributed by atoms with E-state index in [2.05, 4.69) is 116 Å². The van der Waals surface area contributed by atoms with Gasteiger partial charge in [-0.25, -0.2) is 37.5 Å². The maximum atomic E-state index is 15.0. The number of rotatable bonds is 34. The van der Waals surface area contributed by atoms with Crippen LogP contribution in [-0.2, 0) is 16.4 Å². The number of sulfonamides is 1. The maximum absolute atomic E-state index is 15.0. The molecule has 2 fully saturated rings. The fourth-order valence-corrected chi connectivity index (χ4v) is 18.3. The molecule has 131 heavy (non-hydrogen) atoms. The van der Waals surface area contributed by atoms with Gasteiger partial charge in [-0.3, -0.25) is 39.3 Å². The zero-order chi connectivity index (χ0) is 92.2. The van der Waals surface area contributed by atoms with Gasteiger partial charge in [-0.1, -0.05) is 143 Å². The standard InChI is InChI=1S/C28H32N2O6S.C24H23ClN4O2.C23H23ClN4O2S.C23H22FN5O2S/c1-4-6-15-36-20-11-14-22(25(16-20)35-5-2)24-17-23(19-9-7-18(3)8-10-19)26(27(31)29-24)28(32)30-37(33,34)21-12-13-21;1-3-4-11-31-17-9-10-18(20(25)12-17)21-13-19(16-7-5-15(2)6-8-16)22(24(30)28-21)23-26-14-27-29-23;1-3-5-12-30-15-8-6-14(7-9-15)21-20(24)18(17-11-10-16(4-2)31-17)19(23(29)27-21)22-25-13-26-28-22;1-2-3-8-31-14-6-7-15(17(24)9-14)18-10-16(23-25-11-19(32-23)13-4-5-13)20(22(30)28-18)21-26-12-27-29-21/h7-11,14,16-17,21H,4-6,12-13,15H2,1-3H3,(H,29,31)(H,30,32);5-10,12-14H,3-4,11H2,1-2H3,(H,28,30)(H,26,27,29);6-11,13H,3-5,12H2,1-2H3,(H,27,29)(H,25,26,28);6-7,9-13H,2-5,8H2,1H3,(H,28,30)(H,26,27,29). The number of nitrogens with zero attached hydrogens (tertiary/aromatic N) is 7. The molecule has 8 N–H and O–H groups in total. The van der Waals surface area contributed by atoms with Crippen LogP contribution in [0.1, 0.15) is 156 Å². The highest BCUT2D eigenvalue weighted by atomic mass is 35.5. The number of carbonyl (C=O) groups excluding carboxylic acids is 1. The van der Waals surface area contributed by atoms with Crippen molar-refractivity contribution in [2.75, 3.05) is 33.0 Å². The monoisotopic (exact) mass is 1860 g/mol. The maximum Gasteiger partial charge on any atom is 0.270 e. The van der Waals surface area contributed by atoms with Crippen LogP contribution < -0.4 is 50.6 Å². The Morgan fingerprint density at radius 2 is 0.947 bits per heavy atom. The van der Waals surface area contributed by atoms with E-state index in [0.717, 1.165) is 115 Å². The fraction of sp³-hybridized carbons (Fsp3) is 0.286. The van der Waals surface area contributed by atoms with Crippen LogP contribution in [0.5, 0.6) is 28.7 Å². The predicted molar refractivity (Wildman–Crippen MR) is 514 cm³/mol. The van der Waals surface area contributed by atoms with E-state index in [1.807, 2.05) is 112 Å². The molecule has 1 amide bonds. The number of amides is 1. The number of hydrogen-bond acceptors (Lipinski definition) is 21. The average Bonchev–Trinajstić information content (AvgIpc) is 1.75. The number of aromatic amines is 7. The lowest BCUT2D eigenvalue weighted by Gasteiger charge is -2.16. The molecule has 27 nitrogen and oxygen atoms in total. The summed E-state index contributed by atoms with van der Waals surface area (Å²) in [5, 5.41) is 21.1. The topological polar surface area (TPSA) is 378 Å². The largest absolute Gasteiger partial charge is 0.494 e. The molecule has 678 valence electrons. The predicted octanol–water partition coefficient (Wildman–Crippen LogP) is 21.5. The molecule has 17 rings (SSSR count). The first-order chi connectivity index (χ1) is 63.5. The third-order valence-electron chi connectivity index (χ3n) is 21.6. The minimum Gasteiger partial charge on any atom is -0.494 e. The van der Waals surface area contributed by atoms with Crippen LogP contribution in [0.3, 0.4) is 0 Å². The smallest absolute Gasteiger partial charge is 0.270 e. The van der Waals surface area contributed by atoms with Gasteiger partial charge in [0.25, 0.3) is 28.1 Å². The number of benzene rings is 6. The molecule has 0 saturated heterocycles. The van der Waals surface area contributed by atoms with Gasteiger partial charge in [-0.05, 0) is 198 Å². The molecule has 0 atom stereocenters. The zero-order valence-corrected chi connectivity index (χ0v) is 77.6. The van der Waals surface area contributed by atoms with Gasteiger partial charge in [0, 0.05) is 71.9 Å². The third kappa shape index (κ3) is 23.3. The van der Waals surface area contributed by atoms with Crippen LogP contribution >= 0.6 is 45.9 Å². The molecule has 9 aromatic heterocycles. The van der Waals surface area contributed by atoms with Crippen LogP contribution in [0.25, 0.3) is 122 Å². The second-order valence-electron chi connectivity index (χ2n) is 31.4. The summed E-state index contributed by atoms with van der Waals surface area (Å²) in [5.41, 5.74) is 9.68. The number of pyridine rings is 4. The summed E-state index contributed by atoms with van der Waals surface area (Å²) < 4.78 is 70.7. The van der Waals surface area contributed by atoms with Gasteiger partial charge in [0.05, 0.1) is 87.8 Å². The zero-order valence-electron chi connectivity index (χ0n) is 73.6. The number of aromatic nitrogens is 14. The van der Waals surface area contributed by atoms with Crippen LogP contribution in [0.15, 0.2) is 202 Å². The Labute approximate surface area is 774 Å². The van der Waals surface area contributed by atoms with Crippen molar-refractivity contribution in [2.24, 2.45) is 0 Å². The van der Waals surface area contributed by atoms with Gasteiger partial charge < -0.3 is 43.6 Å². The van der Waals surface area contributed by atoms with Gasteiger partial charge >= 0.3 is 0 Å². The van der Waals surface area contributed by atoms with Gasteiger partial charge in [0.1, 0.15) is 64.1 Å². The molecular weight excluding hydrogens is 1770 g/mol. The number of H-pyrrole nitrogens is 7. The molecule has 6 aromatic carbocycles. The van der Waals surface area contributed by atoms with E-state index in [4.69, 9.17) is 46.9 Å². The molecule has 15 aromatic rings. The first-order valence-electron chi connectivity index (χ1n) is 43.6. The average molecular weight is 1870 g/mol. The van der Waals surface area contributed by atoms with Crippen molar-refractivity contribution < 1.29 is 41.3 Å². The van der Waals surface area contributed by atoms with Crippen molar-refractivity contribution in [3.63, 3.8) is 0 Å². The SMILES string of the molecule is CCCCOc1ccc(-c2[nH]c(=O)c(-c3ncn[nH]3)c(-c3ccc(CC)s3)c2Cl)cc1.CCCCOc1ccc(-c2cc(-c3ccc(C)cc3)c(-c3ncn[nH]3)c(=O)[nH]2)c(Cl)c1.CCCCOc1ccc(-c2cc(-c3ccc(C)cc3)c(C(=O)NS(=O)(=O)C3CC3)c(=O)[nH]2)c(OCC)c1.CCCCOc1ccc(-c2cc(-c3ncc(C4CC4)s3)c(-c3ncn[nH]3)c(=O)[nH]2)c(F)c1. The molecule has 2 saturated carbocycles. The number of thiophene rings is 1. The Hall–Kier alpha value is -13.2. The minimum atomic E-state index is -3.83. The molecule has 2 aliphatic carbocycles. The number of aryl methyl sites for hydroxylation is 3. The highest BCUT2D eigenvalue weighted by molar-refractivity contribution is 7.91. The van der Waals surface area contributed by atoms with E-state index in [-0.39, 0.29) is 27.8 Å². The Morgan fingerprint density at radius 3 is 1.47 bits per heavy atom. The van der Waals surface area contributed by atoms with Crippen molar-refractivity contribution in [3.05, 3.63) is 267 Å². The summed E-state index contributed by atoms with van der Waals surface area (Å²) in [5.74, 6) is 3.43. The quantitative estimate of drug-likeness (QED) is 0.0174. The Balaban J connectivity index is 0.000000141. The van der Waals surface area contributed by atoms with Gasteiger partial charge in [-0.2, -0.15) is 15.3 Å². The van der Waals surface area contributed by atoms with E-state index >= 15 is 0 Å². The van der Waals surface area contributed by atoms with Crippen LogP contribution in [-0.4, -0.2) is 123 Å². The second-order valence-corrected chi connectivity index (χ2v) is 36.4. The third-order valence-corrected chi connectivity index (χ3v) is 26.5. The molecule has 0 aliphatic heterocycles. The van der Waals surface area contributed by atoms with E-state index in [1.165, 1.54) is 34.8 Å². The Kier molecular flexibility index (Phi) is 31.5. The number of nitrogens with one attached hydrogen (secondary N) is 8. The number of unbranched alkanes of at least 4 members (excludes halogenated alkanes) is 4. The normalized spacial score (nSPS) is 12.2. The van der Waals surface area contributed by atoms with Crippen molar-refractivity contribution >= 4 is 61.8 Å². The fourth-order valence-electron chi connectivity index (χ4n) is 14.2. The highest BCUT2D eigenvalue weighted by Gasteiger charge is 2.38. The number of carbonyl (C=O) groups is 1. The summed E-state index contributed by atoms with van der Waals surface area (Å²) in [4.78, 5) is 97.7. The number of thiazole rings is 1. The van der Waals surface area contributed by atoms with Crippen LogP contribution in [0.2, 0.25) is 10.0 Å². The van der Waals surface area contributed by atoms with Crippen LogP contribution in [0.4, 0.5) is 4.39 Å². The number of ether oxygens (including phenoxy) is 5. The lowest BCUT2D eigenvalue weighted by molar-refractivity contribution is 0.0980. The number of hydrogen-bond donors (Lipinski definition) is 8. The molecule has 2 aliphatic rings. The second kappa shape index (κ2) is 43.9.